The molecule has 1 aliphatic rings. The molecule has 2 amide bonds. The molecule has 0 bridgehead atoms. The Hall–Kier alpha value is -3.07. The summed E-state index contributed by atoms with van der Waals surface area (Å²) in [5.74, 6) is 6.13. The summed E-state index contributed by atoms with van der Waals surface area (Å²) < 4.78 is 5.36. The summed E-state index contributed by atoms with van der Waals surface area (Å²) >= 11 is 0. The molecule has 8 heteroatoms. The molecule has 31 heavy (non-hydrogen) atoms. The van der Waals surface area contributed by atoms with Crippen LogP contribution in [0.15, 0.2) is 60.4 Å². The molecule has 1 heterocycles. The van der Waals surface area contributed by atoms with E-state index in [0.29, 0.717) is 5.69 Å². The zero-order valence-electron chi connectivity index (χ0n) is 18.0. The van der Waals surface area contributed by atoms with Crippen molar-refractivity contribution in [2.45, 2.75) is 19.8 Å². The lowest BCUT2D eigenvalue weighted by Gasteiger charge is -2.26. The summed E-state index contributed by atoms with van der Waals surface area (Å²) in [5.41, 5.74) is 10.1. The first-order valence-electron chi connectivity index (χ1n) is 10.5. The second kappa shape index (κ2) is 11.4. The number of carbonyl (C=O) groups excluding carboxylic acids is 1. The van der Waals surface area contributed by atoms with Gasteiger partial charge in [-0.2, -0.15) is 0 Å². The Morgan fingerprint density at radius 2 is 1.84 bits per heavy atom. The van der Waals surface area contributed by atoms with Crippen molar-refractivity contribution >= 4 is 23.1 Å². The van der Waals surface area contributed by atoms with Crippen molar-refractivity contribution in [3.8, 4) is 0 Å². The van der Waals surface area contributed by atoms with Gasteiger partial charge in [0.15, 0.2) is 0 Å². The van der Waals surface area contributed by atoms with Gasteiger partial charge in [0.25, 0.3) is 0 Å². The quantitative estimate of drug-likeness (QED) is 0.383. The average molecular weight is 425 g/mol. The maximum atomic E-state index is 12.2. The van der Waals surface area contributed by atoms with E-state index in [1.165, 1.54) is 5.01 Å². The normalized spacial score (nSPS) is 14.8. The van der Waals surface area contributed by atoms with E-state index in [-0.39, 0.29) is 6.03 Å². The highest BCUT2D eigenvalue weighted by Crippen LogP contribution is 2.18. The maximum absolute atomic E-state index is 12.2. The third kappa shape index (κ3) is 7.29. The molecule has 0 spiro atoms. The molecule has 166 valence electrons. The van der Waals surface area contributed by atoms with Crippen molar-refractivity contribution in [1.82, 2.24) is 4.90 Å². The molecule has 0 radical (unpaired) electrons. The first-order chi connectivity index (χ1) is 15.0. The van der Waals surface area contributed by atoms with Gasteiger partial charge >= 0.3 is 6.03 Å². The van der Waals surface area contributed by atoms with Crippen LogP contribution in [0.25, 0.3) is 0 Å². The van der Waals surface area contributed by atoms with Crippen LogP contribution in [0.2, 0.25) is 0 Å². The Labute approximate surface area is 183 Å². The lowest BCUT2D eigenvalue weighted by Crippen LogP contribution is -2.36. The second-order valence-corrected chi connectivity index (χ2v) is 7.61. The van der Waals surface area contributed by atoms with Crippen molar-refractivity contribution in [1.29, 1.82) is 0 Å². The van der Waals surface area contributed by atoms with Crippen LogP contribution in [0.3, 0.4) is 0 Å². The number of hydrogen-bond acceptors (Lipinski definition) is 6. The van der Waals surface area contributed by atoms with Crippen molar-refractivity contribution in [3.63, 3.8) is 0 Å². The molecule has 3 rings (SSSR count). The highest BCUT2D eigenvalue weighted by Gasteiger charge is 2.10. The number of morpholine rings is 1. The van der Waals surface area contributed by atoms with Crippen LogP contribution >= 0.6 is 0 Å². The third-order valence-electron chi connectivity index (χ3n) is 5.16. The molecule has 0 aliphatic carbocycles. The Morgan fingerprint density at radius 3 is 2.55 bits per heavy atom. The van der Waals surface area contributed by atoms with E-state index in [0.717, 1.165) is 68.3 Å². The number of nitrogens with one attached hydrogen (secondary N) is 2. The van der Waals surface area contributed by atoms with E-state index in [1.807, 2.05) is 43.3 Å². The van der Waals surface area contributed by atoms with E-state index < -0.39 is 0 Å². The van der Waals surface area contributed by atoms with Crippen LogP contribution in [0, 0.1) is 6.92 Å². The average Bonchev–Trinajstić information content (AvgIpc) is 2.76. The van der Waals surface area contributed by atoms with Crippen LogP contribution < -0.4 is 27.2 Å². The molecule has 2 aromatic rings. The predicted molar refractivity (Wildman–Crippen MR) is 126 cm³/mol. The van der Waals surface area contributed by atoms with E-state index in [2.05, 4.69) is 15.5 Å². The van der Waals surface area contributed by atoms with Gasteiger partial charge in [-0.25, -0.2) is 10.6 Å². The van der Waals surface area contributed by atoms with Gasteiger partial charge < -0.3 is 21.1 Å². The number of urea groups is 1. The topological polar surface area (TPSA) is 109 Å². The van der Waals surface area contributed by atoms with E-state index in [4.69, 9.17) is 16.3 Å². The fraction of sp³-hybridized carbons (Fsp3) is 0.348. The number of nitrogens with zero attached hydrogens (tertiary/aromatic N) is 2. The fourth-order valence-corrected chi connectivity index (χ4v) is 3.36. The molecule has 1 fully saturated rings. The molecule has 6 N–H and O–H groups in total. The number of aryl methyl sites for hydroxylation is 1. The number of hydrogen-bond donors (Lipinski definition) is 4. The highest BCUT2D eigenvalue weighted by atomic mass is 16.5. The molecular formula is C23H32N6O2. The molecule has 8 nitrogen and oxygen atoms in total. The molecule has 0 saturated carbocycles. The standard InChI is InChI=1S/C23H32N6O2/c1-18-5-2-3-7-22(18)27-23(30)26-20-8-10-21(11-9-20)29(25)17-19(24)6-4-12-28-13-15-31-16-14-28/h2-3,5,7-11,17H,4,6,12-16,24-25H2,1H3,(H2,26,27,30)/b19-17-. The van der Waals surface area contributed by atoms with Gasteiger partial charge in [0.1, 0.15) is 0 Å². The van der Waals surface area contributed by atoms with Crippen LogP contribution in [0.4, 0.5) is 21.9 Å². The van der Waals surface area contributed by atoms with Gasteiger partial charge in [-0.1, -0.05) is 18.2 Å². The summed E-state index contributed by atoms with van der Waals surface area (Å²) in [6.07, 6.45) is 3.51. The minimum atomic E-state index is -0.295. The number of amides is 2. The van der Waals surface area contributed by atoms with Crippen LogP contribution in [0.5, 0.6) is 0 Å². The highest BCUT2D eigenvalue weighted by molar-refractivity contribution is 6.00. The van der Waals surface area contributed by atoms with Gasteiger partial charge in [-0.15, -0.1) is 0 Å². The Balaban J connectivity index is 1.46. The van der Waals surface area contributed by atoms with E-state index in [9.17, 15) is 4.79 Å². The Kier molecular flexibility index (Phi) is 8.28. The van der Waals surface area contributed by atoms with Gasteiger partial charge in [-0.3, -0.25) is 9.91 Å². The van der Waals surface area contributed by atoms with Crippen LogP contribution in [-0.2, 0) is 4.74 Å². The number of rotatable bonds is 8. The number of nitrogens with two attached hydrogens (primary N) is 2. The number of carbonyl (C=O) groups is 1. The van der Waals surface area contributed by atoms with Gasteiger partial charge in [-0.05, 0) is 62.2 Å². The van der Waals surface area contributed by atoms with Gasteiger partial charge in [0.05, 0.1) is 18.9 Å². The van der Waals surface area contributed by atoms with E-state index >= 15 is 0 Å². The van der Waals surface area contributed by atoms with Gasteiger partial charge in [0.2, 0.25) is 0 Å². The predicted octanol–water partition coefficient (Wildman–Crippen LogP) is 3.23. The number of hydrazine groups is 1. The summed E-state index contributed by atoms with van der Waals surface area (Å²) in [4.78, 5) is 14.6. The molecule has 1 aliphatic heterocycles. The number of anilines is 3. The fourth-order valence-electron chi connectivity index (χ4n) is 3.36. The van der Waals surface area contributed by atoms with Crippen molar-refractivity contribution in [2.75, 3.05) is 48.5 Å². The number of para-hydroxylation sites is 1. The number of allylic oxidation sites excluding steroid dienone is 1. The minimum absolute atomic E-state index is 0.295. The first kappa shape index (κ1) is 22.6. The molecule has 0 aromatic heterocycles. The Morgan fingerprint density at radius 1 is 1.13 bits per heavy atom. The van der Waals surface area contributed by atoms with Crippen LogP contribution in [-0.4, -0.2) is 43.8 Å². The molecule has 0 atom stereocenters. The third-order valence-corrected chi connectivity index (χ3v) is 5.16. The summed E-state index contributed by atoms with van der Waals surface area (Å²) in [6, 6.07) is 14.6. The Bertz CT molecular complexity index is 878. The van der Waals surface area contributed by atoms with Gasteiger partial charge in [0, 0.05) is 36.4 Å². The first-order valence-corrected chi connectivity index (χ1v) is 10.5. The van der Waals surface area contributed by atoms with Crippen molar-refractivity contribution in [3.05, 3.63) is 66.0 Å². The monoisotopic (exact) mass is 424 g/mol. The number of ether oxygens (including phenoxy) is 1. The summed E-state index contributed by atoms with van der Waals surface area (Å²) in [5, 5.41) is 7.17. The SMILES string of the molecule is Cc1ccccc1NC(=O)Nc1ccc(N(N)/C=C(\N)CCCN2CCOCC2)cc1. The zero-order valence-corrected chi connectivity index (χ0v) is 18.0. The maximum Gasteiger partial charge on any atom is 0.323 e. The summed E-state index contributed by atoms with van der Waals surface area (Å²) in [6.45, 7) is 6.53. The van der Waals surface area contributed by atoms with Crippen molar-refractivity contribution in [2.24, 2.45) is 11.6 Å². The van der Waals surface area contributed by atoms with Crippen LogP contribution in [0.1, 0.15) is 18.4 Å². The molecule has 2 aromatic carbocycles. The van der Waals surface area contributed by atoms with Crippen molar-refractivity contribution < 1.29 is 9.53 Å². The zero-order chi connectivity index (χ0) is 22.1. The lowest BCUT2D eigenvalue weighted by atomic mass is 10.2. The minimum Gasteiger partial charge on any atom is -0.401 e. The lowest BCUT2D eigenvalue weighted by molar-refractivity contribution is 0.0374. The largest absolute Gasteiger partial charge is 0.401 e. The molecule has 0 unspecified atom stereocenters. The number of benzene rings is 2. The second-order valence-electron chi connectivity index (χ2n) is 7.61. The van der Waals surface area contributed by atoms with E-state index in [1.54, 1.807) is 18.3 Å². The smallest absolute Gasteiger partial charge is 0.323 e. The molecule has 1 saturated heterocycles. The molecular weight excluding hydrogens is 392 g/mol. The summed E-state index contributed by atoms with van der Waals surface area (Å²) in [7, 11) is 0.